The SMILES string of the molecule is CS(=O)(=O)Nc1ccc([N+](=O)[O-])cc1OCc1ccc(Br)cc1. The number of rotatable bonds is 6. The topological polar surface area (TPSA) is 98.5 Å². The summed E-state index contributed by atoms with van der Waals surface area (Å²) in [6, 6.07) is 11.0. The van der Waals surface area contributed by atoms with Crippen LogP contribution in [-0.2, 0) is 16.6 Å². The molecule has 0 fully saturated rings. The van der Waals surface area contributed by atoms with Gasteiger partial charge in [0.2, 0.25) is 10.0 Å². The van der Waals surface area contributed by atoms with Crippen LogP contribution in [0.1, 0.15) is 5.56 Å². The van der Waals surface area contributed by atoms with Gasteiger partial charge in [0.25, 0.3) is 5.69 Å². The maximum absolute atomic E-state index is 11.4. The van der Waals surface area contributed by atoms with Crippen molar-refractivity contribution in [3.63, 3.8) is 0 Å². The maximum atomic E-state index is 11.4. The van der Waals surface area contributed by atoms with Gasteiger partial charge in [-0.25, -0.2) is 8.42 Å². The number of sulfonamides is 1. The van der Waals surface area contributed by atoms with Gasteiger partial charge in [0.1, 0.15) is 6.61 Å². The van der Waals surface area contributed by atoms with E-state index >= 15 is 0 Å². The number of hydrogen-bond acceptors (Lipinski definition) is 5. The summed E-state index contributed by atoms with van der Waals surface area (Å²) in [5, 5.41) is 10.9. The van der Waals surface area contributed by atoms with Gasteiger partial charge in [-0.15, -0.1) is 0 Å². The molecule has 9 heteroatoms. The van der Waals surface area contributed by atoms with Crippen molar-refractivity contribution in [1.29, 1.82) is 0 Å². The molecule has 0 unspecified atom stereocenters. The highest BCUT2D eigenvalue weighted by molar-refractivity contribution is 9.10. The Bertz CT molecular complexity index is 822. The minimum absolute atomic E-state index is 0.0903. The van der Waals surface area contributed by atoms with Gasteiger partial charge in [-0.1, -0.05) is 28.1 Å². The van der Waals surface area contributed by atoms with Crippen molar-refractivity contribution in [3.05, 3.63) is 62.6 Å². The van der Waals surface area contributed by atoms with Crippen LogP contribution in [0.3, 0.4) is 0 Å². The van der Waals surface area contributed by atoms with Crippen molar-refractivity contribution in [1.82, 2.24) is 0 Å². The van der Waals surface area contributed by atoms with Crippen LogP contribution < -0.4 is 9.46 Å². The highest BCUT2D eigenvalue weighted by Gasteiger charge is 2.14. The first kappa shape index (κ1) is 17.2. The number of anilines is 1. The maximum Gasteiger partial charge on any atom is 0.273 e. The molecule has 0 aliphatic carbocycles. The van der Waals surface area contributed by atoms with Crippen molar-refractivity contribution in [2.75, 3.05) is 11.0 Å². The predicted octanol–water partition coefficient (Wildman–Crippen LogP) is 3.31. The Hall–Kier alpha value is -2.13. The fraction of sp³-hybridized carbons (Fsp3) is 0.143. The molecule has 0 saturated heterocycles. The summed E-state index contributed by atoms with van der Waals surface area (Å²) < 4.78 is 31.5. The largest absolute Gasteiger partial charge is 0.486 e. The Balaban J connectivity index is 2.27. The quantitative estimate of drug-likeness (QED) is 0.592. The smallest absolute Gasteiger partial charge is 0.273 e. The molecule has 2 aromatic rings. The number of non-ortho nitro benzene ring substituents is 1. The van der Waals surface area contributed by atoms with Gasteiger partial charge in [0.05, 0.1) is 22.9 Å². The van der Waals surface area contributed by atoms with E-state index in [4.69, 9.17) is 4.74 Å². The lowest BCUT2D eigenvalue weighted by molar-refractivity contribution is -0.384. The van der Waals surface area contributed by atoms with Gasteiger partial charge in [0, 0.05) is 10.5 Å². The molecule has 0 radical (unpaired) electrons. The molecule has 0 aliphatic rings. The number of nitro groups is 1. The molecule has 23 heavy (non-hydrogen) atoms. The standard InChI is InChI=1S/C14H13BrN2O5S/c1-23(20,21)16-13-7-6-12(17(18)19)8-14(13)22-9-10-2-4-11(15)5-3-10/h2-8,16H,9H2,1H3. The Morgan fingerprint density at radius 1 is 1.22 bits per heavy atom. The summed E-state index contributed by atoms with van der Waals surface area (Å²) in [5.41, 5.74) is 0.801. The minimum Gasteiger partial charge on any atom is -0.486 e. The lowest BCUT2D eigenvalue weighted by Crippen LogP contribution is -2.11. The summed E-state index contributed by atoms with van der Waals surface area (Å²) in [5.74, 6) is 0.0903. The van der Waals surface area contributed by atoms with Crippen LogP contribution in [0.4, 0.5) is 11.4 Å². The third kappa shape index (κ3) is 5.22. The van der Waals surface area contributed by atoms with Gasteiger partial charge in [-0.05, 0) is 23.8 Å². The van der Waals surface area contributed by atoms with Crippen LogP contribution in [-0.4, -0.2) is 19.6 Å². The van der Waals surface area contributed by atoms with Crippen molar-refractivity contribution >= 4 is 37.3 Å². The third-order valence-corrected chi connectivity index (χ3v) is 3.90. The number of nitrogens with one attached hydrogen (secondary N) is 1. The zero-order chi connectivity index (χ0) is 17.0. The number of nitrogens with zero attached hydrogens (tertiary/aromatic N) is 1. The fourth-order valence-electron chi connectivity index (χ4n) is 1.77. The van der Waals surface area contributed by atoms with E-state index in [-0.39, 0.29) is 23.7 Å². The number of hydrogen-bond donors (Lipinski definition) is 1. The molecule has 1 N–H and O–H groups in total. The molecule has 7 nitrogen and oxygen atoms in total. The summed E-state index contributed by atoms with van der Waals surface area (Å²) in [7, 11) is -3.53. The number of ether oxygens (including phenoxy) is 1. The van der Waals surface area contributed by atoms with Crippen LogP contribution in [0.5, 0.6) is 5.75 Å². The van der Waals surface area contributed by atoms with E-state index in [1.807, 2.05) is 24.3 Å². The van der Waals surface area contributed by atoms with E-state index in [0.29, 0.717) is 0 Å². The van der Waals surface area contributed by atoms with Crippen LogP contribution in [0.25, 0.3) is 0 Å². The van der Waals surface area contributed by atoms with Gasteiger partial charge in [0.15, 0.2) is 5.75 Å². The molecule has 0 spiro atoms. The molecule has 2 rings (SSSR count). The fourth-order valence-corrected chi connectivity index (χ4v) is 2.60. The Kier molecular flexibility index (Phi) is 5.22. The second-order valence-electron chi connectivity index (χ2n) is 4.73. The van der Waals surface area contributed by atoms with Crippen molar-refractivity contribution < 1.29 is 18.1 Å². The second kappa shape index (κ2) is 6.97. The van der Waals surface area contributed by atoms with E-state index in [0.717, 1.165) is 16.3 Å². The minimum atomic E-state index is -3.53. The van der Waals surface area contributed by atoms with E-state index in [1.165, 1.54) is 18.2 Å². The summed E-state index contributed by atoms with van der Waals surface area (Å²) in [6.07, 6.45) is 0.993. The van der Waals surface area contributed by atoms with Gasteiger partial charge < -0.3 is 4.74 Å². The lowest BCUT2D eigenvalue weighted by atomic mass is 10.2. The molecular formula is C14H13BrN2O5S. The highest BCUT2D eigenvalue weighted by Crippen LogP contribution is 2.30. The Morgan fingerprint density at radius 2 is 1.87 bits per heavy atom. The first-order chi connectivity index (χ1) is 10.7. The average molecular weight is 401 g/mol. The van der Waals surface area contributed by atoms with Gasteiger partial charge in [-0.2, -0.15) is 0 Å². The molecule has 0 saturated carbocycles. The normalized spacial score (nSPS) is 11.0. The second-order valence-corrected chi connectivity index (χ2v) is 7.39. The molecular weight excluding hydrogens is 388 g/mol. The van der Waals surface area contributed by atoms with Crippen LogP contribution in [0.15, 0.2) is 46.9 Å². The lowest BCUT2D eigenvalue weighted by Gasteiger charge is -2.12. The third-order valence-electron chi connectivity index (χ3n) is 2.78. The zero-order valence-corrected chi connectivity index (χ0v) is 14.4. The van der Waals surface area contributed by atoms with Gasteiger partial charge >= 0.3 is 0 Å². The van der Waals surface area contributed by atoms with E-state index in [2.05, 4.69) is 20.7 Å². The van der Waals surface area contributed by atoms with Gasteiger partial charge in [-0.3, -0.25) is 14.8 Å². The first-order valence-electron chi connectivity index (χ1n) is 6.38. The molecule has 0 atom stereocenters. The van der Waals surface area contributed by atoms with Crippen molar-refractivity contribution in [2.45, 2.75) is 6.61 Å². The van der Waals surface area contributed by atoms with E-state index < -0.39 is 14.9 Å². The molecule has 0 heterocycles. The number of nitro benzene ring substituents is 1. The first-order valence-corrected chi connectivity index (χ1v) is 9.06. The number of benzene rings is 2. The summed E-state index contributed by atoms with van der Waals surface area (Å²) in [4.78, 5) is 10.3. The molecule has 2 aromatic carbocycles. The monoisotopic (exact) mass is 400 g/mol. The van der Waals surface area contributed by atoms with Crippen LogP contribution in [0.2, 0.25) is 0 Å². The zero-order valence-electron chi connectivity index (χ0n) is 12.0. The van der Waals surface area contributed by atoms with Crippen LogP contribution >= 0.6 is 15.9 Å². The van der Waals surface area contributed by atoms with Crippen molar-refractivity contribution in [2.24, 2.45) is 0 Å². The molecule has 0 bridgehead atoms. The Labute approximate surface area is 141 Å². The molecule has 0 amide bonds. The van der Waals surface area contributed by atoms with Crippen molar-refractivity contribution in [3.8, 4) is 5.75 Å². The molecule has 122 valence electrons. The van der Waals surface area contributed by atoms with E-state index in [9.17, 15) is 18.5 Å². The molecule has 0 aliphatic heterocycles. The number of halogens is 1. The Morgan fingerprint density at radius 3 is 2.43 bits per heavy atom. The highest BCUT2D eigenvalue weighted by atomic mass is 79.9. The summed E-state index contributed by atoms with van der Waals surface area (Å²) in [6.45, 7) is 0.146. The predicted molar refractivity (Wildman–Crippen MR) is 90.0 cm³/mol. The summed E-state index contributed by atoms with van der Waals surface area (Å²) >= 11 is 3.32. The van der Waals surface area contributed by atoms with E-state index in [1.54, 1.807) is 0 Å². The average Bonchev–Trinajstić information content (AvgIpc) is 2.46. The molecule has 0 aromatic heterocycles. The van der Waals surface area contributed by atoms with Crippen LogP contribution in [0, 0.1) is 10.1 Å².